The predicted molar refractivity (Wildman–Crippen MR) is 110 cm³/mol. The monoisotopic (exact) mass is 425 g/mol. The number of benzene rings is 2. The van der Waals surface area contributed by atoms with Gasteiger partial charge in [0.15, 0.2) is 0 Å². The maximum absolute atomic E-state index is 13.9. The molecule has 1 atom stereocenters. The average Bonchev–Trinajstić information content (AvgIpc) is 2.60. The predicted octanol–water partition coefficient (Wildman–Crippen LogP) is 4.31. The molecule has 0 N–H and O–H groups in total. The van der Waals surface area contributed by atoms with E-state index in [1.54, 1.807) is 12.1 Å². The lowest BCUT2D eigenvalue weighted by molar-refractivity contribution is 0.177. The molecule has 0 saturated carbocycles. The zero-order valence-electron chi connectivity index (χ0n) is 15.9. The molecular formula is C21H25ClFNO3S. The van der Waals surface area contributed by atoms with E-state index in [2.05, 4.69) is 4.90 Å². The van der Waals surface area contributed by atoms with E-state index in [9.17, 15) is 12.8 Å². The fraction of sp³-hybridized carbons (Fsp3) is 0.429. The number of piperidine rings is 1. The van der Waals surface area contributed by atoms with Crippen LogP contribution in [0.3, 0.4) is 0 Å². The number of rotatable bonds is 7. The first kappa shape index (κ1) is 21.1. The largest absolute Gasteiger partial charge is 0.489 e. The zero-order valence-corrected chi connectivity index (χ0v) is 17.5. The van der Waals surface area contributed by atoms with Crippen molar-refractivity contribution >= 4 is 21.4 Å². The Hall–Kier alpha value is -1.63. The average molecular weight is 426 g/mol. The van der Waals surface area contributed by atoms with Crippen LogP contribution >= 0.6 is 11.6 Å². The Balaban J connectivity index is 1.60. The summed E-state index contributed by atoms with van der Waals surface area (Å²) < 4.78 is 42.8. The molecule has 1 unspecified atom stereocenters. The Kier molecular flexibility index (Phi) is 6.96. The molecular weight excluding hydrogens is 401 g/mol. The number of halogens is 2. The van der Waals surface area contributed by atoms with Crippen LogP contribution < -0.4 is 4.74 Å². The van der Waals surface area contributed by atoms with Crippen molar-refractivity contribution in [1.29, 1.82) is 0 Å². The second-order valence-corrected chi connectivity index (χ2v) is 10.1. The first-order chi connectivity index (χ1) is 13.3. The van der Waals surface area contributed by atoms with E-state index < -0.39 is 9.84 Å². The van der Waals surface area contributed by atoms with Gasteiger partial charge < -0.3 is 4.74 Å². The van der Waals surface area contributed by atoms with E-state index in [4.69, 9.17) is 16.3 Å². The SMILES string of the molecule is CS(=O)(=O)CC1CCCN(Cc2cccc(OCc3c(F)cccc3Cl)c2)C1. The molecule has 2 aromatic carbocycles. The molecule has 2 aromatic rings. The Morgan fingerprint density at radius 3 is 2.79 bits per heavy atom. The van der Waals surface area contributed by atoms with E-state index in [1.165, 1.54) is 12.3 Å². The summed E-state index contributed by atoms with van der Waals surface area (Å²) >= 11 is 6.05. The molecule has 0 aromatic heterocycles. The molecule has 0 amide bonds. The molecule has 1 heterocycles. The molecule has 0 radical (unpaired) electrons. The van der Waals surface area contributed by atoms with Crippen LogP contribution in [0, 0.1) is 11.7 Å². The summed E-state index contributed by atoms with van der Waals surface area (Å²) in [5.74, 6) is 0.706. The minimum atomic E-state index is -2.96. The van der Waals surface area contributed by atoms with Crippen LogP contribution in [0.4, 0.5) is 4.39 Å². The summed E-state index contributed by atoms with van der Waals surface area (Å²) in [6.07, 6.45) is 3.26. The van der Waals surface area contributed by atoms with Crippen LogP contribution in [0.1, 0.15) is 24.0 Å². The lowest BCUT2D eigenvalue weighted by Crippen LogP contribution is -2.37. The lowest BCUT2D eigenvalue weighted by Gasteiger charge is -2.32. The molecule has 0 spiro atoms. The highest BCUT2D eigenvalue weighted by molar-refractivity contribution is 7.90. The lowest BCUT2D eigenvalue weighted by atomic mass is 9.99. The maximum Gasteiger partial charge on any atom is 0.147 e. The molecule has 0 aliphatic carbocycles. The van der Waals surface area contributed by atoms with Crippen LogP contribution in [0.5, 0.6) is 5.75 Å². The number of ether oxygens (including phenoxy) is 1. The Morgan fingerprint density at radius 1 is 1.25 bits per heavy atom. The van der Waals surface area contributed by atoms with Gasteiger partial charge in [-0.15, -0.1) is 0 Å². The first-order valence-corrected chi connectivity index (χ1v) is 11.8. The topological polar surface area (TPSA) is 46.6 Å². The molecule has 3 rings (SSSR count). The van der Waals surface area contributed by atoms with Crippen molar-refractivity contribution in [2.24, 2.45) is 5.92 Å². The van der Waals surface area contributed by atoms with Gasteiger partial charge in [-0.3, -0.25) is 4.90 Å². The molecule has 7 heteroatoms. The van der Waals surface area contributed by atoms with Crippen molar-refractivity contribution in [1.82, 2.24) is 4.90 Å². The van der Waals surface area contributed by atoms with Gasteiger partial charge in [0, 0.05) is 24.9 Å². The van der Waals surface area contributed by atoms with Crippen molar-refractivity contribution in [2.45, 2.75) is 26.0 Å². The maximum atomic E-state index is 13.9. The molecule has 1 aliphatic heterocycles. The normalized spacial score (nSPS) is 18.2. The van der Waals surface area contributed by atoms with Crippen LogP contribution in [-0.2, 0) is 23.0 Å². The van der Waals surface area contributed by atoms with Crippen LogP contribution in [-0.4, -0.2) is 38.4 Å². The number of hydrogen-bond acceptors (Lipinski definition) is 4. The highest BCUT2D eigenvalue weighted by atomic mass is 35.5. The second-order valence-electron chi connectivity index (χ2n) is 7.47. The van der Waals surface area contributed by atoms with Gasteiger partial charge in [0.25, 0.3) is 0 Å². The van der Waals surface area contributed by atoms with Gasteiger partial charge in [-0.2, -0.15) is 0 Å². The van der Waals surface area contributed by atoms with Gasteiger partial charge in [0.2, 0.25) is 0 Å². The fourth-order valence-corrected chi connectivity index (χ4v) is 5.02. The summed E-state index contributed by atoms with van der Waals surface area (Å²) in [5, 5.41) is 0.349. The smallest absolute Gasteiger partial charge is 0.147 e. The highest BCUT2D eigenvalue weighted by Crippen LogP contribution is 2.24. The second kappa shape index (κ2) is 9.25. The quantitative estimate of drug-likeness (QED) is 0.663. The van der Waals surface area contributed by atoms with E-state index in [1.807, 2.05) is 24.3 Å². The fourth-order valence-electron chi connectivity index (χ4n) is 3.68. The van der Waals surface area contributed by atoms with Crippen LogP contribution in [0.15, 0.2) is 42.5 Å². The molecule has 4 nitrogen and oxygen atoms in total. The first-order valence-electron chi connectivity index (χ1n) is 9.35. The van der Waals surface area contributed by atoms with E-state index >= 15 is 0 Å². The van der Waals surface area contributed by atoms with Crippen LogP contribution in [0.2, 0.25) is 5.02 Å². The number of likely N-dealkylation sites (tertiary alicyclic amines) is 1. The van der Waals surface area contributed by atoms with Crippen molar-refractivity contribution < 1.29 is 17.5 Å². The minimum absolute atomic E-state index is 0.0646. The number of sulfone groups is 1. The molecule has 1 aliphatic rings. The third-order valence-corrected chi connectivity index (χ3v) is 6.32. The summed E-state index contributed by atoms with van der Waals surface area (Å²) in [6.45, 7) is 2.53. The van der Waals surface area contributed by atoms with Gasteiger partial charge in [-0.25, -0.2) is 12.8 Å². The van der Waals surface area contributed by atoms with E-state index in [-0.39, 0.29) is 24.1 Å². The van der Waals surface area contributed by atoms with Gasteiger partial charge in [-0.1, -0.05) is 29.8 Å². The third kappa shape index (κ3) is 6.19. The van der Waals surface area contributed by atoms with Gasteiger partial charge in [0.05, 0.1) is 10.8 Å². The summed E-state index contributed by atoms with van der Waals surface area (Å²) in [4.78, 5) is 2.28. The van der Waals surface area contributed by atoms with Crippen molar-refractivity contribution in [3.8, 4) is 5.75 Å². The zero-order chi connectivity index (χ0) is 20.1. The summed E-state index contributed by atoms with van der Waals surface area (Å²) in [7, 11) is -2.96. The van der Waals surface area contributed by atoms with Crippen molar-refractivity contribution in [3.63, 3.8) is 0 Å². The van der Waals surface area contributed by atoms with Gasteiger partial charge in [-0.05, 0) is 55.1 Å². The van der Waals surface area contributed by atoms with Crippen LogP contribution in [0.25, 0.3) is 0 Å². The molecule has 1 saturated heterocycles. The Morgan fingerprint density at radius 2 is 2.04 bits per heavy atom. The molecule has 152 valence electrons. The molecule has 1 fully saturated rings. The third-order valence-electron chi connectivity index (χ3n) is 4.89. The summed E-state index contributed by atoms with van der Waals surface area (Å²) in [6, 6.07) is 12.3. The van der Waals surface area contributed by atoms with E-state index in [0.29, 0.717) is 16.3 Å². The van der Waals surface area contributed by atoms with Gasteiger partial charge in [0.1, 0.15) is 28.0 Å². The highest BCUT2D eigenvalue weighted by Gasteiger charge is 2.23. The van der Waals surface area contributed by atoms with Gasteiger partial charge >= 0.3 is 0 Å². The molecule has 28 heavy (non-hydrogen) atoms. The number of nitrogens with zero attached hydrogens (tertiary/aromatic N) is 1. The number of hydrogen-bond donors (Lipinski definition) is 0. The molecule has 0 bridgehead atoms. The standard InChI is InChI=1S/C21H25ClFNO3S/c1-28(25,26)15-17-6-4-10-24(13-17)12-16-5-2-7-18(11-16)27-14-19-20(22)8-3-9-21(19)23/h2-3,5,7-9,11,17H,4,6,10,12-15H2,1H3. The summed E-state index contributed by atoms with van der Waals surface area (Å²) in [5.41, 5.74) is 1.42. The van der Waals surface area contributed by atoms with E-state index in [0.717, 1.165) is 38.0 Å². The van der Waals surface area contributed by atoms with Crippen molar-refractivity contribution in [3.05, 3.63) is 64.4 Å². The Bertz CT molecular complexity index is 899. The van der Waals surface area contributed by atoms with Crippen molar-refractivity contribution in [2.75, 3.05) is 25.1 Å². The minimum Gasteiger partial charge on any atom is -0.489 e. The Labute approximate surface area is 171 Å².